The molecule has 0 radical (unpaired) electrons. The monoisotopic (exact) mass is 454 g/mol. The molecule has 0 spiro atoms. The number of methoxy groups -OCH3 is 1. The number of nitrogens with one attached hydrogen (secondary N) is 1. The van der Waals surface area contributed by atoms with Crippen LogP contribution in [0.4, 0.5) is 9.18 Å². The molecule has 176 valence electrons. The van der Waals surface area contributed by atoms with Gasteiger partial charge in [0, 0.05) is 19.7 Å². The molecule has 0 aliphatic heterocycles. The van der Waals surface area contributed by atoms with E-state index in [1.165, 1.54) is 6.07 Å². The molecule has 0 bridgehead atoms. The third kappa shape index (κ3) is 6.10. The molecule has 8 heteroatoms. The van der Waals surface area contributed by atoms with E-state index in [1.807, 2.05) is 51.1 Å². The quantitative estimate of drug-likeness (QED) is 0.472. The molecular formula is C25H31FN4O3. The van der Waals surface area contributed by atoms with Crippen LogP contribution in [0.3, 0.4) is 0 Å². The summed E-state index contributed by atoms with van der Waals surface area (Å²) in [5, 5.41) is 7.69. The molecule has 3 rings (SSSR count). The van der Waals surface area contributed by atoms with Crippen molar-refractivity contribution in [2.24, 2.45) is 0 Å². The third-order valence-electron chi connectivity index (χ3n) is 5.01. The van der Waals surface area contributed by atoms with E-state index in [-0.39, 0.29) is 24.4 Å². The van der Waals surface area contributed by atoms with Gasteiger partial charge in [-0.25, -0.2) is 13.9 Å². The minimum Gasteiger partial charge on any atom is -0.435 e. The van der Waals surface area contributed by atoms with E-state index in [0.717, 1.165) is 16.9 Å². The molecule has 7 nitrogen and oxygen atoms in total. The number of rotatable bonds is 10. The molecule has 1 heterocycles. The minimum absolute atomic E-state index is 0.0191. The predicted octanol–water partition coefficient (Wildman–Crippen LogP) is 4.93. The van der Waals surface area contributed by atoms with E-state index >= 15 is 0 Å². The van der Waals surface area contributed by atoms with E-state index in [2.05, 4.69) is 5.32 Å². The summed E-state index contributed by atoms with van der Waals surface area (Å²) in [4.78, 5) is 14.6. The van der Waals surface area contributed by atoms with Gasteiger partial charge in [0.05, 0.1) is 30.1 Å². The second-order valence-electron chi connectivity index (χ2n) is 7.88. The number of aryl methyl sites for hydroxylation is 1. The Morgan fingerprint density at radius 3 is 2.48 bits per heavy atom. The van der Waals surface area contributed by atoms with Crippen molar-refractivity contribution < 1.29 is 18.7 Å². The fraction of sp³-hybridized carbons (Fsp3) is 0.360. The van der Waals surface area contributed by atoms with Gasteiger partial charge >= 0.3 is 6.03 Å². The highest BCUT2D eigenvalue weighted by Crippen LogP contribution is 2.33. The number of benzene rings is 2. The topological polar surface area (TPSA) is 68.6 Å². The second-order valence-corrected chi connectivity index (χ2v) is 7.88. The largest absolute Gasteiger partial charge is 0.435 e. The van der Waals surface area contributed by atoms with Gasteiger partial charge in [0.25, 0.3) is 0 Å². The number of urea groups is 1. The van der Waals surface area contributed by atoms with Crippen molar-refractivity contribution in [2.75, 3.05) is 20.3 Å². The van der Waals surface area contributed by atoms with E-state index in [4.69, 9.17) is 14.6 Å². The first-order valence-electron chi connectivity index (χ1n) is 11.1. The maximum absolute atomic E-state index is 14.5. The molecule has 33 heavy (non-hydrogen) atoms. The first-order valence-corrected chi connectivity index (χ1v) is 11.1. The van der Waals surface area contributed by atoms with E-state index in [0.29, 0.717) is 25.5 Å². The summed E-state index contributed by atoms with van der Waals surface area (Å²) in [7, 11) is 1.59. The Bertz CT molecular complexity index is 1050. The zero-order valence-corrected chi connectivity index (χ0v) is 19.5. The Kier molecular flexibility index (Phi) is 8.43. The third-order valence-corrected chi connectivity index (χ3v) is 5.01. The van der Waals surface area contributed by atoms with Gasteiger partial charge in [-0.2, -0.15) is 5.10 Å². The predicted molar refractivity (Wildman–Crippen MR) is 125 cm³/mol. The Labute approximate surface area is 194 Å². The molecule has 0 unspecified atom stereocenters. The Morgan fingerprint density at radius 2 is 1.85 bits per heavy atom. The number of hydrogen-bond donors (Lipinski definition) is 1. The smallest absolute Gasteiger partial charge is 0.317 e. The Hall–Kier alpha value is -3.39. The number of aromatic nitrogens is 2. The van der Waals surface area contributed by atoms with Crippen LogP contribution < -0.4 is 10.1 Å². The summed E-state index contributed by atoms with van der Waals surface area (Å²) < 4.78 is 27.5. The number of carbonyl (C=O) groups is 1. The van der Waals surface area contributed by atoms with Crippen molar-refractivity contribution in [3.05, 3.63) is 71.7 Å². The normalized spacial score (nSPS) is 11.0. The van der Waals surface area contributed by atoms with Crippen molar-refractivity contribution in [2.45, 2.75) is 39.8 Å². The number of halogens is 1. The zero-order valence-electron chi connectivity index (χ0n) is 19.5. The zero-order chi connectivity index (χ0) is 23.8. The maximum Gasteiger partial charge on any atom is 0.317 e. The minimum atomic E-state index is -0.476. The highest BCUT2D eigenvalue weighted by Gasteiger charge is 2.25. The maximum atomic E-state index is 14.5. The van der Waals surface area contributed by atoms with Crippen LogP contribution >= 0.6 is 0 Å². The summed E-state index contributed by atoms with van der Waals surface area (Å²) in [6.45, 7) is 6.80. The number of hydrogen-bond acceptors (Lipinski definition) is 4. The average Bonchev–Trinajstić information content (AvgIpc) is 3.15. The lowest BCUT2D eigenvalue weighted by molar-refractivity contribution is 0.145. The van der Waals surface area contributed by atoms with Crippen LogP contribution in [0.5, 0.6) is 11.6 Å². The molecule has 0 aliphatic rings. The summed E-state index contributed by atoms with van der Waals surface area (Å²) in [6.07, 6.45) is 0.618. The van der Waals surface area contributed by atoms with Crippen LogP contribution in [0, 0.1) is 5.82 Å². The number of nitrogens with zero attached hydrogens (tertiary/aromatic N) is 3. The lowest BCUT2D eigenvalue weighted by atomic mass is 10.2. The molecule has 0 saturated heterocycles. The van der Waals surface area contributed by atoms with Gasteiger partial charge in [0.1, 0.15) is 0 Å². The van der Waals surface area contributed by atoms with Crippen LogP contribution in [0.2, 0.25) is 0 Å². The van der Waals surface area contributed by atoms with Crippen LogP contribution in [0.15, 0.2) is 54.6 Å². The Balaban J connectivity index is 2.08. The lowest BCUT2D eigenvalue weighted by Gasteiger charge is -2.24. The summed E-state index contributed by atoms with van der Waals surface area (Å²) in [5.74, 6) is -0.00688. The van der Waals surface area contributed by atoms with Gasteiger partial charge in [-0.15, -0.1) is 0 Å². The number of ether oxygens (including phenoxy) is 2. The lowest BCUT2D eigenvalue weighted by Crippen LogP contribution is -2.44. The second kappa shape index (κ2) is 11.5. The molecule has 1 N–H and O–H groups in total. The molecule has 1 aromatic heterocycles. The van der Waals surface area contributed by atoms with Crippen LogP contribution in [0.1, 0.15) is 32.0 Å². The molecule has 0 aliphatic carbocycles. The highest BCUT2D eigenvalue weighted by molar-refractivity contribution is 5.74. The van der Waals surface area contributed by atoms with Gasteiger partial charge in [0.2, 0.25) is 5.88 Å². The molecule has 0 atom stereocenters. The summed E-state index contributed by atoms with van der Waals surface area (Å²) in [5.41, 5.74) is 2.27. The molecule has 0 saturated carbocycles. The fourth-order valence-electron chi connectivity index (χ4n) is 3.38. The molecule has 0 fully saturated rings. The average molecular weight is 455 g/mol. The van der Waals surface area contributed by atoms with E-state index in [9.17, 15) is 9.18 Å². The molecular weight excluding hydrogens is 423 g/mol. The standard InChI is InChI=1S/C25H31FN4O3/c1-5-22-20(17-29(15-16-32-4)25(31)27-18(2)3)24(33-23-14-10-9-13-21(23)26)30(28-22)19-11-7-6-8-12-19/h6-14,18H,5,15-17H2,1-4H3,(H,27,31). The van der Waals surface area contributed by atoms with E-state index in [1.54, 1.807) is 34.9 Å². The summed E-state index contributed by atoms with van der Waals surface area (Å²) in [6, 6.07) is 15.5. The van der Waals surface area contributed by atoms with Gasteiger partial charge < -0.3 is 19.7 Å². The van der Waals surface area contributed by atoms with Crippen LogP contribution in [0.25, 0.3) is 5.69 Å². The molecule has 3 aromatic rings. The van der Waals surface area contributed by atoms with Gasteiger partial charge in [-0.1, -0.05) is 37.3 Å². The number of carbonyl (C=O) groups excluding carboxylic acids is 1. The fourth-order valence-corrected chi connectivity index (χ4v) is 3.38. The number of amides is 2. The highest BCUT2D eigenvalue weighted by atomic mass is 19.1. The first-order chi connectivity index (χ1) is 15.9. The first kappa shape index (κ1) is 24.3. The van der Waals surface area contributed by atoms with Crippen LogP contribution in [-0.4, -0.2) is 47.0 Å². The van der Waals surface area contributed by atoms with Crippen LogP contribution in [-0.2, 0) is 17.7 Å². The van der Waals surface area contributed by atoms with Gasteiger partial charge in [-0.05, 0) is 44.5 Å². The van der Waals surface area contributed by atoms with Crippen molar-refractivity contribution in [1.82, 2.24) is 20.0 Å². The van der Waals surface area contributed by atoms with Crippen molar-refractivity contribution >= 4 is 6.03 Å². The molecule has 2 amide bonds. The summed E-state index contributed by atoms with van der Waals surface area (Å²) >= 11 is 0. The SMILES string of the molecule is CCc1nn(-c2ccccc2)c(Oc2ccccc2F)c1CN(CCOC)C(=O)NC(C)C. The van der Waals surface area contributed by atoms with Crippen molar-refractivity contribution in [3.63, 3.8) is 0 Å². The van der Waals surface area contributed by atoms with Crippen molar-refractivity contribution in [3.8, 4) is 17.3 Å². The van der Waals surface area contributed by atoms with Gasteiger partial charge in [-0.3, -0.25) is 0 Å². The van der Waals surface area contributed by atoms with E-state index < -0.39 is 5.82 Å². The van der Waals surface area contributed by atoms with Crippen molar-refractivity contribution in [1.29, 1.82) is 0 Å². The molecule has 2 aromatic carbocycles. The number of para-hydroxylation sites is 2. The van der Waals surface area contributed by atoms with Gasteiger partial charge in [0.15, 0.2) is 11.6 Å². The Morgan fingerprint density at radius 1 is 1.15 bits per heavy atom.